The minimum atomic E-state index is -3.54. The summed E-state index contributed by atoms with van der Waals surface area (Å²) in [7, 11) is -3.54. The van der Waals surface area contributed by atoms with Gasteiger partial charge in [0.25, 0.3) is 0 Å². The Morgan fingerprint density at radius 1 is 1.17 bits per heavy atom. The Hall–Kier alpha value is -2.11. The number of imidazole rings is 1. The SMILES string of the molecule is CCNC(=O)NC(=O)CSc1nc2cc(S(=O)(=O)N3CCCCC3)ccc2n1CC. The highest BCUT2D eigenvalue weighted by molar-refractivity contribution is 7.99. The zero-order chi connectivity index (χ0) is 21.7. The molecule has 11 heteroatoms. The van der Waals surface area contributed by atoms with Crippen LogP contribution in [0.3, 0.4) is 0 Å². The van der Waals surface area contributed by atoms with E-state index in [2.05, 4.69) is 15.6 Å². The Morgan fingerprint density at radius 3 is 2.57 bits per heavy atom. The van der Waals surface area contributed by atoms with Crippen molar-refractivity contribution in [1.29, 1.82) is 0 Å². The summed E-state index contributed by atoms with van der Waals surface area (Å²) < 4.78 is 29.4. The number of piperidine rings is 1. The van der Waals surface area contributed by atoms with E-state index in [0.29, 0.717) is 36.9 Å². The lowest BCUT2D eigenvalue weighted by atomic mass is 10.2. The molecule has 1 aromatic carbocycles. The fourth-order valence-electron chi connectivity index (χ4n) is 3.42. The van der Waals surface area contributed by atoms with Crippen molar-refractivity contribution >= 4 is 44.8 Å². The minimum absolute atomic E-state index is 0.0272. The molecule has 9 nitrogen and oxygen atoms in total. The molecule has 1 aromatic heterocycles. The van der Waals surface area contributed by atoms with Crippen LogP contribution >= 0.6 is 11.8 Å². The lowest BCUT2D eigenvalue weighted by Crippen LogP contribution is -2.40. The predicted molar refractivity (Wildman–Crippen MR) is 116 cm³/mol. The van der Waals surface area contributed by atoms with Crippen molar-refractivity contribution in [2.75, 3.05) is 25.4 Å². The van der Waals surface area contributed by atoms with Crippen molar-refractivity contribution in [3.05, 3.63) is 18.2 Å². The van der Waals surface area contributed by atoms with E-state index in [0.717, 1.165) is 24.8 Å². The third kappa shape index (κ3) is 4.96. The molecule has 0 saturated carbocycles. The summed E-state index contributed by atoms with van der Waals surface area (Å²) >= 11 is 1.21. The molecule has 0 atom stereocenters. The number of benzene rings is 1. The number of carbonyl (C=O) groups is 2. The monoisotopic (exact) mass is 453 g/mol. The van der Waals surface area contributed by atoms with Crippen LogP contribution in [0.1, 0.15) is 33.1 Å². The number of sulfonamides is 1. The van der Waals surface area contributed by atoms with Gasteiger partial charge in [0.15, 0.2) is 5.16 Å². The molecule has 3 amide bonds. The van der Waals surface area contributed by atoms with E-state index in [4.69, 9.17) is 0 Å². The quantitative estimate of drug-likeness (QED) is 0.621. The van der Waals surface area contributed by atoms with Crippen LogP contribution in [0.25, 0.3) is 11.0 Å². The average Bonchev–Trinajstić information content (AvgIpc) is 3.09. The number of amides is 3. The van der Waals surface area contributed by atoms with Crippen LogP contribution < -0.4 is 10.6 Å². The third-order valence-electron chi connectivity index (χ3n) is 4.88. The Bertz CT molecular complexity index is 1030. The summed E-state index contributed by atoms with van der Waals surface area (Å²) in [5, 5.41) is 5.36. The van der Waals surface area contributed by atoms with E-state index < -0.39 is 22.0 Å². The fraction of sp³-hybridized carbons (Fsp3) is 0.526. The van der Waals surface area contributed by atoms with Gasteiger partial charge in [0.1, 0.15) is 0 Å². The first kappa shape index (κ1) is 22.6. The number of thioether (sulfide) groups is 1. The molecule has 3 rings (SSSR count). The largest absolute Gasteiger partial charge is 0.338 e. The van der Waals surface area contributed by atoms with Crippen molar-refractivity contribution in [3.8, 4) is 0 Å². The van der Waals surface area contributed by atoms with Crippen LogP contribution in [0.15, 0.2) is 28.3 Å². The first-order valence-electron chi connectivity index (χ1n) is 10.1. The molecular formula is C19H27N5O4S2. The van der Waals surface area contributed by atoms with Crippen LogP contribution in [0.5, 0.6) is 0 Å². The van der Waals surface area contributed by atoms with E-state index in [1.807, 2.05) is 11.5 Å². The molecule has 1 aliphatic heterocycles. The minimum Gasteiger partial charge on any atom is -0.338 e. The standard InChI is InChI=1S/C19H27N5O4S2/c1-3-20-18(26)22-17(25)13-29-19-21-15-12-14(8-9-16(15)24(19)4-2)30(27,28)23-10-6-5-7-11-23/h8-9,12H,3-7,10-11,13H2,1-2H3,(H2,20,22,25,26). The summed E-state index contributed by atoms with van der Waals surface area (Å²) in [5.74, 6) is -0.395. The van der Waals surface area contributed by atoms with Gasteiger partial charge in [0.2, 0.25) is 15.9 Å². The number of hydrogen-bond acceptors (Lipinski definition) is 6. The molecule has 0 unspecified atom stereocenters. The molecule has 2 aromatic rings. The maximum absolute atomic E-state index is 13.0. The maximum Gasteiger partial charge on any atom is 0.321 e. The molecule has 30 heavy (non-hydrogen) atoms. The number of nitrogens with one attached hydrogen (secondary N) is 2. The van der Waals surface area contributed by atoms with Crippen molar-refractivity contribution in [1.82, 2.24) is 24.5 Å². The lowest BCUT2D eigenvalue weighted by molar-refractivity contribution is -0.117. The number of nitrogens with zero attached hydrogens (tertiary/aromatic N) is 3. The lowest BCUT2D eigenvalue weighted by Gasteiger charge is -2.25. The van der Waals surface area contributed by atoms with Crippen LogP contribution in [0, 0.1) is 0 Å². The zero-order valence-electron chi connectivity index (χ0n) is 17.2. The van der Waals surface area contributed by atoms with Gasteiger partial charge in [0, 0.05) is 26.2 Å². The summed E-state index contributed by atoms with van der Waals surface area (Å²) in [6.07, 6.45) is 2.82. The number of hydrogen-bond donors (Lipinski definition) is 2. The molecule has 1 aliphatic rings. The van der Waals surface area contributed by atoms with Crippen LogP contribution in [-0.2, 0) is 21.4 Å². The highest BCUT2D eigenvalue weighted by atomic mass is 32.2. The number of aryl methyl sites for hydroxylation is 1. The van der Waals surface area contributed by atoms with Crippen LogP contribution in [0.2, 0.25) is 0 Å². The van der Waals surface area contributed by atoms with E-state index in [1.165, 1.54) is 16.1 Å². The van der Waals surface area contributed by atoms with Crippen molar-refractivity contribution in [2.24, 2.45) is 0 Å². The van der Waals surface area contributed by atoms with Crippen molar-refractivity contribution < 1.29 is 18.0 Å². The van der Waals surface area contributed by atoms with Gasteiger partial charge in [-0.25, -0.2) is 18.2 Å². The summed E-state index contributed by atoms with van der Waals surface area (Å²) in [4.78, 5) is 28.2. The summed E-state index contributed by atoms with van der Waals surface area (Å²) in [5.41, 5.74) is 1.38. The molecule has 2 N–H and O–H groups in total. The van der Waals surface area contributed by atoms with E-state index in [9.17, 15) is 18.0 Å². The van der Waals surface area contributed by atoms with Crippen molar-refractivity contribution in [2.45, 2.75) is 49.7 Å². The zero-order valence-corrected chi connectivity index (χ0v) is 18.8. The van der Waals surface area contributed by atoms with Gasteiger partial charge in [0.05, 0.1) is 21.7 Å². The first-order valence-corrected chi connectivity index (χ1v) is 12.5. The van der Waals surface area contributed by atoms with Crippen LogP contribution in [0.4, 0.5) is 4.79 Å². The molecule has 0 spiro atoms. The number of fused-ring (bicyclic) bond motifs is 1. The van der Waals surface area contributed by atoms with Crippen LogP contribution in [-0.4, -0.2) is 59.6 Å². The van der Waals surface area contributed by atoms with Gasteiger partial charge >= 0.3 is 6.03 Å². The molecule has 0 bridgehead atoms. The van der Waals surface area contributed by atoms with E-state index in [-0.39, 0.29) is 10.6 Å². The predicted octanol–water partition coefficient (Wildman–Crippen LogP) is 2.17. The molecule has 1 fully saturated rings. The second-order valence-electron chi connectivity index (χ2n) is 6.95. The highest BCUT2D eigenvalue weighted by Crippen LogP contribution is 2.28. The Balaban J connectivity index is 1.80. The normalized spacial score (nSPS) is 15.3. The number of urea groups is 1. The smallest absolute Gasteiger partial charge is 0.321 e. The highest BCUT2D eigenvalue weighted by Gasteiger charge is 2.26. The van der Waals surface area contributed by atoms with Gasteiger partial charge in [-0.05, 0) is 44.9 Å². The Morgan fingerprint density at radius 2 is 1.90 bits per heavy atom. The second kappa shape index (κ2) is 9.80. The first-order chi connectivity index (χ1) is 14.4. The van der Waals surface area contributed by atoms with Crippen molar-refractivity contribution in [3.63, 3.8) is 0 Å². The van der Waals surface area contributed by atoms with Gasteiger partial charge in [-0.3, -0.25) is 10.1 Å². The number of carbonyl (C=O) groups excluding carboxylic acids is 2. The van der Waals surface area contributed by atoms with E-state index in [1.54, 1.807) is 25.1 Å². The average molecular weight is 454 g/mol. The number of imide groups is 1. The Labute approximate surface area is 180 Å². The molecule has 2 heterocycles. The summed E-state index contributed by atoms with van der Waals surface area (Å²) in [6.45, 7) is 5.87. The summed E-state index contributed by atoms with van der Waals surface area (Å²) in [6, 6.07) is 4.46. The third-order valence-corrected chi connectivity index (χ3v) is 7.75. The topological polar surface area (TPSA) is 113 Å². The van der Waals surface area contributed by atoms with Gasteiger partial charge in [-0.1, -0.05) is 18.2 Å². The number of aromatic nitrogens is 2. The molecule has 0 aliphatic carbocycles. The van der Waals surface area contributed by atoms with E-state index >= 15 is 0 Å². The molecular weight excluding hydrogens is 426 g/mol. The van der Waals surface area contributed by atoms with Gasteiger partial charge in [-0.2, -0.15) is 4.31 Å². The maximum atomic E-state index is 13.0. The van der Waals surface area contributed by atoms with Gasteiger partial charge < -0.3 is 9.88 Å². The Kier molecular flexibility index (Phi) is 7.37. The fourth-order valence-corrected chi connectivity index (χ4v) is 5.83. The van der Waals surface area contributed by atoms with Gasteiger partial charge in [-0.15, -0.1) is 0 Å². The second-order valence-corrected chi connectivity index (χ2v) is 9.83. The molecule has 0 radical (unpaired) electrons. The molecule has 164 valence electrons. The number of rotatable bonds is 7. The molecule has 1 saturated heterocycles.